The van der Waals surface area contributed by atoms with Crippen LogP contribution in [-0.4, -0.2) is 35.0 Å². The number of carbonyl (C=O) groups excluding carboxylic acids is 3. The number of urea groups is 1. The molecule has 0 aliphatic carbocycles. The molecule has 1 saturated heterocycles. The number of rotatable bonds is 5. The van der Waals surface area contributed by atoms with Crippen LogP contribution in [0, 0.1) is 10.1 Å². The van der Waals surface area contributed by atoms with E-state index in [1.54, 1.807) is 24.3 Å². The third-order valence-electron chi connectivity index (χ3n) is 4.74. The predicted molar refractivity (Wildman–Crippen MR) is 111 cm³/mol. The molecule has 31 heavy (non-hydrogen) atoms. The van der Waals surface area contributed by atoms with Gasteiger partial charge in [0.1, 0.15) is 5.57 Å². The van der Waals surface area contributed by atoms with Gasteiger partial charge in [0.15, 0.2) is 11.5 Å². The maximum absolute atomic E-state index is 13.0. The molecular weight excluding hydrogens is 406 g/mol. The molecular formula is C21H19N3O7. The monoisotopic (exact) mass is 425 g/mol. The van der Waals surface area contributed by atoms with Gasteiger partial charge in [-0.2, -0.15) is 0 Å². The van der Waals surface area contributed by atoms with Gasteiger partial charge in [-0.25, -0.2) is 9.69 Å². The number of imide groups is 2. The normalized spacial score (nSPS) is 15.4. The zero-order chi connectivity index (χ0) is 22.9. The topological polar surface area (TPSA) is 139 Å². The first-order valence-electron chi connectivity index (χ1n) is 9.20. The summed E-state index contributed by atoms with van der Waals surface area (Å²) in [5, 5.41) is 23.5. The fourth-order valence-electron chi connectivity index (χ4n) is 3.04. The first-order valence-corrected chi connectivity index (χ1v) is 9.20. The van der Waals surface area contributed by atoms with Crippen LogP contribution in [-0.2, 0) is 9.59 Å². The van der Waals surface area contributed by atoms with Gasteiger partial charge in [-0.3, -0.25) is 25.0 Å². The number of anilines is 1. The molecule has 0 radical (unpaired) electrons. The van der Waals surface area contributed by atoms with E-state index in [-0.39, 0.29) is 22.9 Å². The molecule has 0 bridgehead atoms. The average molecular weight is 425 g/mol. The summed E-state index contributed by atoms with van der Waals surface area (Å²) in [5.74, 6) is -2.39. The predicted octanol–water partition coefficient (Wildman–Crippen LogP) is 3.10. The van der Waals surface area contributed by atoms with Crippen molar-refractivity contribution in [1.82, 2.24) is 5.32 Å². The molecule has 2 aromatic carbocycles. The molecule has 0 atom stereocenters. The van der Waals surface area contributed by atoms with E-state index in [0.29, 0.717) is 0 Å². The van der Waals surface area contributed by atoms with Crippen LogP contribution < -0.4 is 15.0 Å². The number of ether oxygens (including phenoxy) is 1. The number of hydrogen-bond donors (Lipinski definition) is 2. The number of non-ortho nitro benzene ring substituents is 1. The lowest BCUT2D eigenvalue weighted by molar-refractivity contribution is -0.385. The van der Waals surface area contributed by atoms with Gasteiger partial charge in [0.05, 0.1) is 23.8 Å². The number of amides is 4. The van der Waals surface area contributed by atoms with Crippen LogP contribution in [0.3, 0.4) is 0 Å². The number of phenols is 1. The summed E-state index contributed by atoms with van der Waals surface area (Å²) >= 11 is 0. The lowest BCUT2D eigenvalue weighted by atomic mass is 10.0. The molecule has 0 aromatic heterocycles. The summed E-state index contributed by atoms with van der Waals surface area (Å²) in [6.45, 7) is 3.99. The van der Waals surface area contributed by atoms with E-state index in [2.05, 4.69) is 5.32 Å². The quantitative estimate of drug-likeness (QED) is 0.325. The third-order valence-corrected chi connectivity index (χ3v) is 4.74. The Morgan fingerprint density at radius 1 is 1.16 bits per heavy atom. The molecule has 4 amide bonds. The Morgan fingerprint density at radius 3 is 2.35 bits per heavy atom. The first-order chi connectivity index (χ1) is 14.6. The summed E-state index contributed by atoms with van der Waals surface area (Å²) in [6, 6.07) is 7.75. The SMILES string of the molecule is COc1cc([N+](=O)[O-])cc(/C=C2/C(=O)NC(=O)N(c3ccc(C(C)C)cc3)C2=O)c1O. The second kappa shape index (κ2) is 8.27. The molecule has 1 fully saturated rings. The largest absolute Gasteiger partial charge is 0.504 e. The second-order valence-electron chi connectivity index (χ2n) is 7.05. The van der Waals surface area contributed by atoms with Crippen LogP contribution in [0.4, 0.5) is 16.2 Å². The molecule has 0 unspecified atom stereocenters. The number of phenolic OH excluding ortho intramolecular Hbond substituents is 1. The molecule has 1 heterocycles. The number of nitrogens with zero attached hydrogens (tertiary/aromatic N) is 2. The van der Waals surface area contributed by atoms with Crippen molar-refractivity contribution < 1.29 is 29.2 Å². The van der Waals surface area contributed by atoms with E-state index < -0.39 is 39.8 Å². The van der Waals surface area contributed by atoms with Crippen LogP contribution in [0.1, 0.15) is 30.9 Å². The highest BCUT2D eigenvalue weighted by Gasteiger charge is 2.37. The van der Waals surface area contributed by atoms with Crippen molar-refractivity contribution >= 4 is 35.3 Å². The highest BCUT2D eigenvalue weighted by molar-refractivity contribution is 6.39. The Morgan fingerprint density at radius 2 is 1.81 bits per heavy atom. The number of nitro groups is 1. The fourth-order valence-corrected chi connectivity index (χ4v) is 3.04. The molecule has 10 nitrogen and oxygen atoms in total. The van der Waals surface area contributed by atoms with Gasteiger partial charge in [0.25, 0.3) is 17.5 Å². The number of nitro benzene ring substituents is 1. The van der Waals surface area contributed by atoms with Gasteiger partial charge in [0.2, 0.25) is 0 Å². The van der Waals surface area contributed by atoms with E-state index in [9.17, 15) is 29.6 Å². The Bertz CT molecular complexity index is 1120. The number of barbiturate groups is 1. The molecule has 10 heteroatoms. The van der Waals surface area contributed by atoms with Crippen molar-refractivity contribution in [2.45, 2.75) is 19.8 Å². The minimum atomic E-state index is -0.991. The van der Waals surface area contributed by atoms with Crippen molar-refractivity contribution in [3.63, 3.8) is 0 Å². The maximum atomic E-state index is 13.0. The highest BCUT2D eigenvalue weighted by atomic mass is 16.6. The Balaban J connectivity index is 2.07. The minimum absolute atomic E-state index is 0.186. The molecule has 0 saturated carbocycles. The number of carbonyl (C=O) groups is 3. The van der Waals surface area contributed by atoms with E-state index in [0.717, 1.165) is 28.7 Å². The van der Waals surface area contributed by atoms with Crippen molar-refractivity contribution in [3.05, 3.63) is 63.2 Å². The van der Waals surface area contributed by atoms with E-state index in [1.165, 1.54) is 7.11 Å². The number of hydrogen-bond acceptors (Lipinski definition) is 7. The van der Waals surface area contributed by atoms with E-state index in [4.69, 9.17) is 4.74 Å². The van der Waals surface area contributed by atoms with Crippen LogP contribution in [0.25, 0.3) is 6.08 Å². The highest BCUT2D eigenvalue weighted by Crippen LogP contribution is 2.36. The smallest absolute Gasteiger partial charge is 0.335 e. The van der Waals surface area contributed by atoms with Crippen molar-refractivity contribution in [2.75, 3.05) is 12.0 Å². The van der Waals surface area contributed by atoms with Crippen molar-refractivity contribution in [1.29, 1.82) is 0 Å². The summed E-state index contributed by atoms with van der Waals surface area (Å²) in [6.07, 6.45) is 0.977. The molecule has 0 spiro atoms. The zero-order valence-corrected chi connectivity index (χ0v) is 16.9. The third kappa shape index (κ3) is 4.08. The summed E-state index contributed by atoms with van der Waals surface area (Å²) < 4.78 is 4.92. The molecule has 160 valence electrons. The van der Waals surface area contributed by atoms with Gasteiger partial charge in [-0.1, -0.05) is 26.0 Å². The fraction of sp³-hybridized carbons (Fsp3) is 0.190. The minimum Gasteiger partial charge on any atom is -0.504 e. The van der Waals surface area contributed by atoms with Gasteiger partial charge in [-0.15, -0.1) is 0 Å². The molecule has 1 aliphatic heterocycles. The number of methoxy groups -OCH3 is 1. The second-order valence-corrected chi connectivity index (χ2v) is 7.05. The summed E-state index contributed by atoms with van der Waals surface area (Å²) in [4.78, 5) is 48.9. The van der Waals surface area contributed by atoms with Crippen LogP contribution in [0.15, 0.2) is 42.0 Å². The van der Waals surface area contributed by atoms with Crippen molar-refractivity contribution in [3.8, 4) is 11.5 Å². The van der Waals surface area contributed by atoms with Gasteiger partial charge in [0, 0.05) is 11.6 Å². The molecule has 1 aliphatic rings. The Kier molecular flexibility index (Phi) is 5.73. The lowest BCUT2D eigenvalue weighted by Gasteiger charge is -2.26. The van der Waals surface area contributed by atoms with E-state index in [1.807, 2.05) is 13.8 Å². The molecule has 2 aromatic rings. The van der Waals surface area contributed by atoms with Gasteiger partial charge >= 0.3 is 6.03 Å². The summed E-state index contributed by atoms with van der Waals surface area (Å²) in [5.41, 5.74) is 0.155. The van der Waals surface area contributed by atoms with E-state index >= 15 is 0 Å². The Hall–Kier alpha value is -4.21. The van der Waals surface area contributed by atoms with Gasteiger partial charge < -0.3 is 9.84 Å². The van der Waals surface area contributed by atoms with Crippen LogP contribution >= 0.6 is 0 Å². The zero-order valence-electron chi connectivity index (χ0n) is 16.9. The van der Waals surface area contributed by atoms with Crippen LogP contribution in [0.2, 0.25) is 0 Å². The first kappa shape index (κ1) is 21.5. The summed E-state index contributed by atoms with van der Waals surface area (Å²) in [7, 11) is 1.20. The van der Waals surface area contributed by atoms with Gasteiger partial charge in [-0.05, 0) is 29.7 Å². The molecule has 3 rings (SSSR count). The Labute approximate surface area is 176 Å². The number of benzene rings is 2. The van der Waals surface area contributed by atoms with Crippen LogP contribution in [0.5, 0.6) is 11.5 Å². The number of nitrogens with one attached hydrogen (secondary N) is 1. The number of aromatic hydroxyl groups is 1. The van der Waals surface area contributed by atoms with Crippen molar-refractivity contribution in [2.24, 2.45) is 0 Å². The average Bonchev–Trinajstić information content (AvgIpc) is 2.72. The maximum Gasteiger partial charge on any atom is 0.335 e. The standard InChI is InChI=1S/C21H19N3O7/c1-11(2)12-4-6-14(7-5-12)23-20(27)16(19(26)22-21(23)28)9-13-8-15(24(29)30)10-17(31-3)18(13)25/h4-11,25H,1-3H3,(H,22,26,28)/b16-9-. The lowest BCUT2D eigenvalue weighted by Crippen LogP contribution is -2.54. The molecule has 2 N–H and O–H groups in total.